The Labute approximate surface area is 159 Å². The summed E-state index contributed by atoms with van der Waals surface area (Å²) in [7, 11) is 0. The highest BCUT2D eigenvalue weighted by atomic mass is 35.5. The van der Waals surface area contributed by atoms with E-state index in [-0.39, 0.29) is 12.5 Å². The average molecular weight is 395 g/mol. The molecule has 2 aromatic carbocycles. The summed E-state index contributed by atoms with van der Waals surface area (Å²) in [6.07, 6.45) is 0.957. The molecule has 0 radical (unpaired) electrons. The van der Waals surface area contributed by atoms with Crippen LogP contribution in [0.4, 0.5) is 0 Å². The van der Waals surface area contributed by atoms with Crippen LogP contribution in [-0.4, -0.2) is 17.1 Å². The van der Waals surface area contributed by atoms with Gasteiger partial charge in [0.05, 0.1) is 15.2 Å². The van der Waals surface area contributed by atoms with Crippen molar-refractivity contribution >= 4 is 50.7 Å². The number of thiazole rings is 1. The molecule has 4 nitrogen and oxygen atoms in total. The molecule has 1 heterocycles. The summed E-state index contributed by atoms with van der Waals surface area (Å²) in [5.74, 6) is 0.0508. The summed E-state index contributed by atoms with van der Waals surface area (Å²) in [6.45, 7) is 2.72. The number of benzene rings is 2. The van der Waals surface area contributed by atoms with Gasteiger partial charge in [0, 0.05) is 11.6 Å². The summed E-state index contributed by atoms with van der Waals surface area (Å²) in [4.78, 5) is 17.1. The number of hydrogen-bond acceptors (Lipinski definition) is 3. The van der Waals surface area contributed by atoms with Crippen molar-refractivity contribution in [1.82, 2.24) is 4.57 Å². The van der Waals surface area contributed by atoms with E-state index in [2.05, 4.69) is 16.5 Å². The van der Waals surface area contributed by atoms with Gasteiger partial charge in [0.15, 0.2) is 11.4 Å². The Balaban J connectivity index is 1.83. The number of hydrogen-bond donors (Lipinski definition) is 0. The molecule has 0 bridgehead atoms. The zero-order valence-electron chi connectivity index (χ0n) is 13.5. The lowest BCUT2D eigenvalue weighted by atomic mass is 10.3. The van der Waals surface area contributed by atoms with Gasteiger partial charge in [-0.05, 0) is 36.8 Å². The third kappa shape index (κ3) is 4.24. The average Bonchev–Trinajstić information content (AvgIpc) is 2.92. The lowest BCUT2D eigenvalue weighted by Gasteiger charge is -2.06. The van der Waals surface area contributed by atoms with Crippen LogP contribution >= 0.6 is 34.5 Å². The highest BCUT2D eigenvalue weighted by Crippen LogP contribution is 2.27. The van der Waals surface area contributed by atoms with E-state index in [9.17, 15) is 4.79 Å². The van der Waals surface area contributed by atoms with Crippen LogP contribution in [0.15, 0.2) is 47.5 Å². The molecule has 130 valence electrons. The first kappa shape index (κ1) is 18.0. The molecule has 0 atom stereocenters. The molecule has 3 aromatic rings. The summed E-state index contributed by atoms with van der Waals surface area (Å²) < 4.78 is 8.62. The molecular formula is C18H16Cl2N2O2S. The van der Waals surface area contributed by atoms with E-state index in [1.807, 2.05) is 24.3 Å². The molecule has 0 saturated carbocycles. The number of ether oxygens (including phenoxy) is 1. The predicted octanol–water partition coefficient (Wildman–Crippen LogP) is 4.93. The second-order valence-corrected chi connectivity index (χ2v) is 7.23. The van der Waals surface area contributed by atoms with Crippen LogP contribution in [0.1, 0.15) is 13.3 Å². The minimum Gasteiger partial charge on any atom is -0.482 e. The fourth-order valence-corrected chi connectivity index (χ4v) is 3.95. The number of aromatic nitrogens is 1. The first-order valence-corrected chi connectivity index (χ1v) is 9.39. The monoisotopic (exact) mass is 394 g/mol. The second-order valence-electron chi connectivity index (χ2n) is 5.37. The minimum absolute atomic E-state index is 0.179. The zero-order chi connectivity index (χ0) is 17.8. The van der Waals surface area contributed by atoms with Gasteiger partial charge in [-0.3, -0.25) is 4.79 Å². The number of amides is 1. The van der Waals surface area contributed by atoms with Crippen molar-refractivity contribution in [2.75, 3.05) is 6.61 Å². The van der Waals surface area contributed by atoms with E-state index in [0.717, 1.165) is 23.2 Å². The number of aryl methyl sites for hydroxylation is 1. The van der Waals surface area contributed by atoms with Gasteiger partial charge in [0.25, 0.3) is 5.91 Å². The van der Waals surface area contributed by atoms with Gasteiger partial charge in [-0.1, -0.05) is 53.6 Å². The summed E-state index contributed by atoms with van der Waals surface area (Å²) in [6, 6.07) is 12.9. The highest BCUT2D eigenvalue weighted by molar-refractivity contribution is 7.16. The van der Waals surface area contributed by atoms with Gasteiger partial charge in [0.2, 0.25) is 0 Å². The molecule has 1 aromatic heterocycles. The van der Waals surface area contributed by atoms with Gasteiger partial charge in [-0.2, -0.15) is 4.99 Å². The van der Waals surface area contributed by atoms with Crippen LogP contribution < -0.4 is 9.54 Å². The molecule has 0 saturated heterocycles. The standard InChI is InChI=1S/C18H16Cl2N2O2S/c1-2-9-22-14-5-3-4-6-16(14)25-18(22)21-17(23)11-24-15-8-7-12(19)10-13(15)20/h3-8,10H,2,9,11H2,1H3. The van der Waals surface area contributed by atoms with Crippen LogP contribution in [0.25, 0.3) is 10.2 Å². The summed E-state index contributed by atoms with van der Waals surface area (Å²) >= 11 is 13.4. The van der Waals surface area contributed by atoms with Crippen molar-refractivity contribution in [2.45, 2.75) is 19.9 Å². The molecule has 0 unspecified atom stereocenters. The number of carbonyl (C=O) groups excluding carboxylic acids is 1. The van der Waals surface area contributed by atoms with Crippen LogP contribution in [0.5, 0.6) is 5.75 Å². The largest absolute Gasteiger partial charge is 0.482 e. The third-order valence-electron chi connectivity index (χ3n) is 3.50. The molecule has 25 heavy (non-hydrogen) atoms. The van der Waals surface area contributed by atoms with E-state index in [1.54, 1.807) is 18.2 Å². The van der Waals surface area contributed by atoms with E-state index in [0.29, 0.717) is 20.6 Å². The molecule has 3 rings (SSSR count). The van der Waals surface area contributed by atoms with E-state index < -0.39 is 0 Å². The van der Waals surface area contributed by atoms with Gasteiger partial charge < -0.3 is 9.30 Å². The van der Waals surface area contributed by atoms with Gasteiger partial charge in [-0.15, -0.1) is 0 Å². The molecule has 0 aliphatic carbocycles. The molecule has 0 spiro atoms. The Morgan fingerprint density at radius 2 is 2.04 bits per heavy atom. The van der Waals surface area contributed by atoms with Gasteiger partial charge in [0.1, 0.15) is 5.75 Å². The molecule has 7 heteroatoms. The van der Waals surface area contributed by atoms with E-state index in [4.69, 9.17) is 27.9 Å². The van der Waals surface area contributed by atoms with Crippen LogP contribution in [0.2, 0.25) is 10.0 Å². The molecule has 0 aliphatic rings. The SMILES string of the molecule is CCCn1c(=NC(=O)COc2ccc(Cl)cc2Cl)sc2ccccc21. The maximum atomic E-state index is 12.2. The maximum absolute atomic E-state index is 12.2. The van der Waals surface area contributed by atoms with Crippen LogP contribution in [0, 0.1) is 0 Å². The topological polar surface area (TPSA) is 43.6 Å². The van der Waals surface area contributed by atoms with Gasteiger partial charge in [-0.25, -0.2) is 0 Å². The Morgan fingerprint density at radius 3 is 2.80 bits per heavy atom. The fraction of sp³-hybridized carbons (Fsp3) is 0.222. The maximum Gasteiger partial charge on any atom is 0.286 e. The Morgan fingerprint density at radius 1 is 1.24 bits per heavy atom. The number of nitrogens with zero attached hydrogens (tertiary/aromatic N) is 2. The number of carbonyl (C=O) groups is 1. The predicted molar refractivity (Wildman–Crippen MR) is 103 cm³/mol. The lowest BCUT2D eigenvalue weighted by molar-refractivity contribution is -0.120. The summed E-state index contributed by atoms with van der Waals surface area (Å²) in [5.41, 5.74) is 1.09. The van der Waals surface area contributed by atoms with Crippen molar-refractivity contribution in [1.29, 1.82) is 0 Å². The van der Waals surface area contributed by atoms with Crippen molar-refractivity contribution in [2.24, 2.45) is 4.99 Å². The zero-order valence-corrected chi connectivity index (χ0v) is 15.9. The molecule has 1 amide bonds. The lowest BCUT2D eigenvalue weighted by Crippen LogP contribution is -2.19. The Kier molecular flexibility index (Phi) is 5.78. The summed E-state index contributed by atoms with van der Waals surface area (Å²) in [5, 5.41) is 0.877. The van der Waals surface area contributed by atoms with Crippen molar-refractivity contribution in [3.8, 4) is 5.75 Å². The van der Waals surface area contributed by atoms with Crippen molar-refractivity contribution in [3.63, 3.8) is 0 Å². The fourth-order valence-electron chi connectivity index (χ4n) is 2.42. The normalized spacial score (nSPS) is 11.9. The van der Waals surface area contributed by atoms with E-state index >= 15 is 0 Å². The number of fused-ring (bicyclic) bond motifs is 1. The quantitative estimate of drug-likeness (QED) is 0.615. The Bertz CT molecular complexity index is 979. The highest BCUT2D eigenvalue weighted by Gasteiger charge is 2.09. The Hall–Kier alpha value is -1.82. The van der Waals surface area contributed by atoms with E-state index in [1.165, 1.54) is 11.3 Å². The number of halogens is 2. The van der Waals surface area contributed by atoms with Gasteiger partial charge >= 0.3 is 0 Å². The molecular weight excluding hydrogens is 379 g/mol. The third-order valence-corrected chi connectivity index (χ3v) is 5.09. The smallest absolute Gasteiger partial charge is 0.286 e. The minimum atomic E-state index is -0.359. The van der Waals surface area contributed by atoms with Crippen LogP contribution in [0.3, 0.4) is 0 Å². The first-order valence-electron chi connectivity index (χ1n) is 7.82. The molecule has 0 N–H and O–H groups in total. The van der Waals surface area contributed by atoms with Crippen molar-refractivity contribution in [3.05, 3.63) is 57.3 Å². The molecule has 0 fully saturated rings. The van der Waals surface area contributed by atoms with Crippen molar-refractivity contribution < 1.29 is 9.53 Å². The first-order chi connectivity index (χ1) is 12.1. The second kappa shape index (κ2) is 8.04. The number of rotatable bonds is 5. The molecule has 0 aliphatic heterocycles. The number of para-hydroxylation sites is 1. The van der Waals surface area contributed by atoms with Crippen LogP contribution in [-0.2, 0) is 11.3 Å².